The molecule has 1 aliphatic heterocycles. The van der Waals surface area contributed by atoms with Crippen LogP contribution in [0.1, 0.15) is 46.8 Å². The van der Waals surface area contributed by atoms with E-state index in [2.05, 4.69) is 15.3 Å². The van der Waals surface area contributed by atoms with Crippen LogP contribution in [0.4, 0.5) is 0 Å². The van der Waals surface area contributed by atoms with E-state index in [-0.39, 0.29) is 0 Å². The van der Waals surface area contributed by atoms with Crippen LogP contribution >= 0.6 is 0 Å². The van der Waals surface area contributed by atoms with E-state index in [1.165, 1.54) is 7.11 Å². The Balaban J connectivity index is 2.10. The molecule has 20 heavy (non-hydrogen) atoms. The molecule has 1 aromatic heterocycles. The van der Waals surface area contributed by atoms with Gasteiger partial charge in [-0.15, -0.1) is 0 Å². The second kappa shape index (κ2) is 5.10. The van der Waals surface area contributed by atoms with E-state index in [9.17, 15) is 4.79 Å². The van der Waals surface area contributed by atoms with Gasteiger partial charge >= 0.3 is 5.97 Å². The molecule has 2 heterocycles. The number of aromatic nitrogens is 2. The van der Waals surface area contributed by atoms with Gasteiger partial charge in [0.15, 0.2) is 11.5 Å². The first-order valence-electron chi connectivity index (χ1n) is 6.94. The van der Waals surface area contributed by atoms with Crippen molar-refractivity contribution >= 4 is 5.97 Å². The van der Waals surface area contributed by atoms with Crippen molar-refractivity contribution in [2.45, 2.75) is 37.8 Å². The Morgan fingerprint density at radius 2 is 2.10 bits per heavy atom. The van der Waals surface area contributed by atoms with Crippen LogP contribution in [0.25, 0.3) is 0 Å². The smallest absolute Gasteiger partial charge is 0.357 e. The normalized spacial score (nSPS) is 19.9. The van der Waals surface area contributed by atoms with Crippen molar-refractivity contribution in [3.05, 3.63) is 22.8 Å². The average molecular weight is 277 g/mol. The Morgan fingerprint density at radius 1 is 1.30 bits per heavy atom. The third-order valence-electron chi connectivity index (χ3n) is 4.27. The maximum absolute atomic E-state index is 12.0. The molecular weight excluding hydrogens is 258 g/mol. The van der Waals surface area contributed by atoms with E-state index in [4.69, 9.17) is 9.47 Å². The SMILES string of the molecule is COC(=O)c1nc(C2(OC)CCC2)nc2c1CNCC2. The highest BCUT2D eigenvalue weighted by Crippen LogP contribution is 2.43. The van der Waals surface area contributed by atoms with Crippen molar-refractivity contribution in [2.75, 3.05) is 20.8 Å². The molecule has 0 amide bonds. The van der Waals surface area contributed by atoms with Crippen LogP contribution in [-0.4, -0.2) is 36.7 Å². The van der Waals surface area contributed by atoms with Crippen LogP contribution in [0.5, 0.6) is 0 Å². The van der Waals surface area contributed by atoms with Crippen molar-refractivity contribution in [3.63, 3.8) is 0 Å². The summed E-state index contributed by atoms with van der Waals surface area (Å²) in [5.74, 6) is 0.228. The van der Waals surface area contributed by atoms with Crippen molar-refractivity contribution in [1.29, 1.82) is 0 Å². The first kappa shape index (κ1) is 13.5. The number of nitrogens with one attached hydrogen (secondary N) is 1. The minimum absolute atomic E-state index is 0.378. The monoisotopic (exact) mass is 277 g/mol. The van der Waals surface area contributed by atoms with Gasteiger partial charge in [0, 0.05) is 32.2 Å². The molecule has 1 aliphatic carbocycles. The molecule has 0 spiro atoms. The zero-order valence-electron chi connectivity index (χ0n) is 11.9. The number of hydrogen-bond donors (Lipinski definition) is 1. The van der Waals surface area contributed by atoms with Gasteiger partial charge in [0.25, 0.3) is 0 Å². The van der Waals surface area contributed by atoms with Crippen molar-refractivity contribution in [2.24, 2.45) is 0 Å². The quantitative estimate of drug-likeness (QED) is 0.829. The Morgan fingerprint density at radius 3 is 2.70 bits per heavy atom. The highest BCUT2D eigenvalue weighted by molar-refractivity contribution is 5.89. The maximum Gasteiger partial charge on any atom is 0.357 e. The topological polar surface area (TPSA) is 73.3 Å². The number of fused-ring (bicyclic) bond motifs is 1. The van der Waals surface area contributed by atoms with Crippen LogP contribution in [0.15, 0.2) is 0 Å². The summed E-state index contributed by atoms with van der Waals surface area (Å²) in [4.78, 5) is 21.1. The van der Waals surface area contributed by atoms with Gasteiger partial charge in [-0.05, 0) is 19.3 Å². The lowest BCUT2D eigenvalue weighted by Crippen LogP contribution is -2.40. The van der Waals surface area contributed by atoms with E-state index in [0.717, 1.165) is 43.5 Å². The Bertz CT molecular complexity index is 535. The predicted molar refractivity (Wildman–Crippen MR) is 71.3 cm³/mol. The summed E-state index contributed by atoms with van der Waals surface area (Å²) in [5.41, 5.74) is 1.76. The lowest BCUT2D eigenvalue weighted by Gasteiger charge is -2.39. The van der Waals surface area contributed by atoms with Gasteiger partial charge < -0.3 is 14.8 Å². The van der Waals surface area contributed by atoms with Gasteiger partial charge in [-0.2, -0.15) is 0 Å². The number of methoxy groups -OCH3 is 2. The van der Waals surface area contributed by atoms with E-state index >= 15 is 0 Å². The number of esters is 1. The van der Waals surface area contributed by atoms with Crippen LogP contribution < -0.4 is 5.32 Å². The standard InChI is InChI=1S/C14H19N3O3/c1-19-12(18)11-9-8-15-7-4-10(9)16-13(17-11)14(20-2)5-3-6-14/h15H,3-8H2,1-2H3. The molecule has 0 radical (unpaired) electrons. The summed E-state index contributed by atoms with van der Waals surface area (Å²) in [7, 11) is 3.06. The second-order valence-corrected chi connectivity index (χ2v) is 5.29. The number of nitrogens with zero attached hydrogens (tertiary/aromatic N) is 2. The highest BCUT2D eigenvalue weighted by atomic mass is 16.5. The molecule has 1 aromatic rings. The molecule has 3 rings (SSSR count). The van der Waals surface area contributed by atoms with Gasteiger partial charge in [0.2, 0.25) is 0 Å². The number of hydrogen-bond acceptors (Lipinski definition) is 6. The molecular formula is C14H19N3O3. The summed E-state index contributed by atoms with van der Waals surface area (Å²) in [6.07, 6.45) is 3.71. The van der Waals surface area contributed by atoms with E-state index < -0.39 is 11.6 Å². The largest absolute Gasteiger partial charge is 0.464 e. The Labute approximate surface area is 117 Å². The molecule has 0 saturated heterocycles. The second-order valence-electron chi connectivity index (χ2n) is 5.29. The summed E-state index contributed by atoms with van der Waals surface area (Å²) in [6, 6.07) is 0. The molecule has 0 atom stereocenters. The summed E-state index contributed by atoms with van der Waals surface area (Å²) < 4.78 is 10.5. The summed E-state index contributed by atoms with van der Waals surface area (Å²) in [5, 5.41) is 3.24. The summed E-state index contributed by atoms with van der Waals surface area (Å²) >= 11 is 0. The fraction of sp³-hybridized carbons (Fsp3) is 0.643. The van der Waals surface area contributed by atoms with Crippen LogP contribution in [-0.2, 0) is 28.0 Å². The van der Waals surface area contributed by atoms with E-state index in [0.29, 0.717) is 18.1 Å². The fourth-order valence-corrected chi connectivity index (χ4v) is 2.83. The molecule has 2 aliphatic rings. The van der Waals surface area contributed by atoms with E-state index in [1.807, 2.05) is 0 Å². The highest BCUT2D eigenvalue weighted by Gasteiger charge is 2.43. The maximum atomic E-state index is 12.0. The number of rotatable bonds is 3. The van der Waals surface area contributed by atoms with Gasteiger partial charge in [-0.25, -0.2) is 14.8 Å². The zero-order valence-corrected chi connectivity index (χ0v) is 11.9. The Kier molecular flexibility index (Phi) is 3.43. The molecule has 0 aromatic carbocycles. The third-order valence-corrected chi connectivity index (χ3v) is 4.27. The van der Waals surface area contributed by atoms with Crippen molar-refractivity contribution in [1.82, 2.24) is 15.3 Å². The predicted octanol–water partition coefficient (Wildman–Crippen LogP) is 0.934. The summed E-state index contributed by atoms with van der Waals surface area (Å²) in [6.45, 7) is 1.48. The van der Waals surface area contributed by atoms with Crippen molar-refractivity contribution in [3.8, 4) is 0 Å². The van der Waals surface area contributed by atoms with Gasteiger partial charge in [-0.1, -0.05) is 0 Å². The fourth-order valence-electron chi connectivity index (χ4n) is 2.83. The third kappa shape index (κ3) is 1.99. The minimum atomic E-state index is -0.414. The molecule has 1 fully saturated rings. The molecule has 0 bridgehead atoms. The molecule has 1 saturated carbocycles. The average Bonchev–Trinajstić information content (AvgIpc) is 2.45. The van der Waals surface area contributed by atoms with Gasteiger partial charge in [0.1, 0.15) is 5.60 Å². The zero-order chi connectivity index (χ0) is 14.2. The lowest BCUT2D eigenvalue weighted by molar-refractivity contribution is -0.0849. The van der Waals surface area contributed by atoms with Crippen LogP contribution in [0, 0.1) is 0 Å². The van der Waals surface area contributed by atoms with Crippen LogP contribution in [0.3, 0.4) is 0 Å². The van der Waals surface area contributed by atoms with Gasteiger partial charge in [-0.3, -0.25) is 0 Å². The molecule has 108 valence electrons. The minimum Gasteiger partial charge on any atom is -0.464 e. The first-order chi connectivity index (χ1) is 9.70. The lowest BCUT2D eigenvalue weighted by atomic mass is 9.79. The number of ether oxygens (including phenoxy) is 2. The van der Waals surface area contributed by atoms with Gasteiger partial charge in [0.05, 0.1) is 12.8 Å². The molecule has 6 heteroatoms. The molecule has 6 nitrogen and oxygen atoms in total. The Hall–Kier alpha value is -1.53. The van der Waals surface area contributed by atoms with Crippen molar-refractivity contribution < 1.29 is 14.3 Å². The van der Waals surface area contributed by atoms with Crippen LogP contribution in [0.2, 0.25) is 0 Å². The molecule has 1 N–H and O–H groups in total. The first-order valence-corrected chi connectivity index (χ1v) is 6.94. The number of carbonyl (C=O) groups is 1. The van der Waals surface area contributed by atoms with E-state index in [1.54, 1.807) is 7.11 Å². The molecule has 0 unspecified atom stereocenters. The number of carbonyl (C=O) groups excluding carboxylic acids is 1.